The van der Waals surface area contributed by atoms with Gasteiger partial charge >= 0.3 is 0 Å². The van der Waals surface area contributed by atoms with E-state index in [4.69, 9.17) is 20.8 Å². The minimum absolute atomic E-state index is 0.0122. The number of phenolic OH excluding ortho intramolecular Hbond substituents is 1. The van der Waals surface area contributed by atoms with Crippen LogP contribution < -0.4 is 15.1 Å². The topological polar surface area (TPSA) is 92.9 Å². The van der Waals surface area contributed by atoms with Crippen molar-refractivity contribution in [1.82, 2.24) is 4.98 Å². The number of rotatable bonds is 3. The van der Waals surface area contributed by atoms with Gasteiger partial charge in [0.15, 0.2) is 16.9 Å². The minimum Gasteiger partial charge on any atom is -0.504 e. The lowest BCUT2D eigenvalue weighted by Crippen LogP contribution is -2.30. The van der Waals surface area contributed by atoms with Crippen LogP contribution in [0.3, 0.4) is 0 Å². The summed E-state index contributed by atoms with van der Waals surface area (Å²) in [5.74, 6) is -1.07. The van der Waals surface area contributed by atoms with Gasteiger partial charge in [-0.25, -0.2) is 9.37 Å². The van der Waals surface area contributed by atoms with Crippen molar-refractivity contribution in [3.63, 3.8) is 0 Å². The van der Waals surface area contributed by atoms with Gasteiger partial charge in [0.2, 0.25) is 5.76 Å². The summed E-state index contributed by atoms with van der Waals surface area (Å²) in [5.41, 5.74) is 0.0585. The standard InChI is InChI=1S/C23H14ClFN2O5/c1-31-17-8-11(2-5-15(17)28)20-19-21(29)14-9-13(25)4-6-16(14)32-22(19)23(30)27(20)18-7-3-12(24)10-26-18/h2-10,20,28H,1H3. The Labute approximate surface area is 185 Å². The highest BCUT2D eigenvalue weighted by Gasteiger charge is 2.44. The Morgan fingerprint density at radius 1 is 1.16 bits per heavy atom. The van der Waals surface area contributed by atoms with Gasteiger partial charge in [0.05, 0.1) is 29.1 Å². The molecule has 1 aliphatic rings. The average molecular weight is 453 g/mol. The Morgan fingerprint density at radius 2 is 1.97 bits per heavy atom. The fraction of sp³-hybridized carbons (Fsp3) is 0.0870. The molecular weight excluding hydrogens is 439 g/mol. The number of benzene rings is 2. The fourth-order valence-electron chi connectivity index (χ4n) is 3.87. The lowest BCUT2D eigenvalue weighted by molar-refractivity contribution is 0.0970. The molecule has 160 valence electrons. The molecule has 0 spiro atoms. The maximum atomic E-state index is 13.9. The summed E-state index contributed by atoms with van der Waals surface area (Å²) in [6.45, 7) is 0. The second-order valence-electron chi connectivity index (χ2n) is 7.16. The third-order valence-electron chi connectivity index (χ3n) is 5.31. The van der Waals surface area contributed by atoms with Crippen LogP contribution in [0.2, 0.25) is 5.02 Å². The molecule has 7 nitrogen and oxygen atoms in total. The highest BCUT2D eigenvalue weighted by Crippen LogP contribution is 2.42. The molecule has 3 heterocycles. The van der Waals surface area contributed by atoms with Gasteiger partial charge in [-0.05, 0) is 48.0 Å². The van der Waals surface area contributed by atoms with E-state index in [1.807, 2.05) is 0 Å². The molecule has 1 N–H and O–H groups in total. The molecule has 0 fully saturated rings. The number of nitrogens with zero attached hydrogens (tertiary/aromatic N) is 2. The summed E-state index contributed by atoms with van der Waals surface area (Å²) in [6.07, 6.45) is 1.38. The summed E-state index contributed by atoms with van der Waals surface area (Å²) in [5, 5.41) is 10.4. The van der Waals surface area contributed by atoms with Crippen LogP contribution in [0.15, 0.2) is 63.9 Å². The maximum absolute atomic E-state index is 13.9. The van der Waals surface area contributed by atoms with Crippen molar-refractivity contribution in [3.8, 4) is 11.5 Å². The van der Waals surface area contributed by atoms with Crippen LogP contribution in [0.25, 0.3) is 11.0 Å². The number of hydrogen-bond acceptors (Lipinski definition) is 6. The molecule has 2 aromatic heterocycles. The lowest BCUT2D eigenvalue weighted by Gasteiger charge is -2.24. The van der Waals surface area contributed by atoms with E-state index in [-0.39, 0.29) is 39.6 Å². The summed E-state index contributed by atoms with van der Waals surface area (Å²) >= 11 is 5.95. The number of phenols is 1. The van der Waals surface area contributed by atoms with E-state index in [1.54, 1.807) is 18.2 Å². The van der Waals surface area contributed by atoms with Crippen LogP contribution in [0.5, 0.6) is 11.5 Å². The lowest BCUT2D eigenvalue weighted by atomic mass is 9.98. The first kappa shape index (κ1) is 20.0. The van der Waals surface area contributed by atoms with Crippen molar-refractivity contribution in [3.05, 3.63) is 92.7 Å². The van der Waals surface area contributed by atoms with Crippen LogP contribution in [-0.4, -0.2) is 23.1 Å². The van der Waals surface area contributed by atoms with Gasteiger partial charge in [0.1, 0.15) is 17.2 Å². The predicted octanol–water partition coefficient (Wildman–Crippen LogP) is 4.44. The number of ether oxygens (including phenoxy) is 1. The van der Waals surface area contributed by atoms with Crippen LogP contribution in [0.4, 0.5) is 10.2 Å². The molecule has 9 heteroatoms. The van der Waals surface area contributed by atoms with E-state index in [0.29, 0.717) is 10.6 Å². The monoisotopic (exact) mass is 452 g/mol. The molecule has 1 unspecified atom stereocenters. The molecule has 5 rings (SSSR count). The van der Waals surface area contributed by atoms with Crippen LogP contribution in [0.1, 0.15) is 27.7 Å². The van der Waals surface area contributed by atoms with Gasteiger partial charge in [-0.3, -0.25) is 14.5 Å². The normalized spacial score (nSPS) is 15.3. The average Bonchev–Trinajstić information content (AvgIpc) is 3.08. The summed E-state index contributed by atoms with van der Waals surface area (Å²) in [6, 6.07) is 10.2. The highest BCUT2D eigenvalue weighted by molar-refractivity contribution is 6.30. The molecule has 32 heavy (non-hydrogen) atoms. The number of halogens is 2. The van der Waals surface area contributed by atoms with Crippen molar-refractivity contribution in [2.24, 2.45) is 0 Å². The molecule has 1 aliphatic heterocycles. The second-order valence-corrected chi connectivity index (χ2v) is 7.59. The van der Waals surface area contributed by atoms with Crippen molar-refractivity contribution >= 4 is 34.3 Å². The number of carbonyl (C=O) groups is 1. The second kappa shape index (κ2) is 7.35. The first-order valence-electron chi connectivity index (χ1n) is 9.47. The number of aromatic nitrogens is 1. The van der Waals surface area contributed by atoms with Crippen molar-refractivity contribution in [1.29, 1.82) is 0 Å². The van der Waals surface area contributed by atoms with E-state index in [0.717, 1.165) is 12.1 Å². The number of amides is 1. The van der Waals surface area contributed by atoms with E-state index in [1.165, 1.54) is 36.4 Å². The van der Waals surface area contributed by atoms with Crippen molar-refractivity contribution < 1.29 is 23.4 Å². The fourth-order valence-corrected chi connectivity index (χ4v) is 3.98. The van der Waals surface area contributed by atoms with Gasteiger partial charge in [0.25, 0.3) is 5.91 Å². The number of aromatic hydroxyl groups is 1. The number of pyridine rings is 1. The predicted molar refractivity (Wildman–Crippen MR) is 115 cm³/mol. The molecule has 0 radical (unpaired) electrons. The Morgan fingerprint density at radius 3 is 2.69 bits per heavy atom. The summed E-state index contributed by atoms with van der Waals surface area (Å²) in [7, 11) is 1.38. The largest absolute Gasteiger partial charge is 0.504 e. The third kappa shape index (κ3) is 2.99. The number of methoxy groups -OCH3 is 1. The third-order valence-corrected chi connectivity index (χ3v) is 5.53. The molecule has 0 bridgehead atoms. The molecule has 0 aliphatic carbocycles. The van der Waals surface area contributed by atoms with Crippen LogP contribution in [0, 0.1) is 5.82 Å². The first-order chi connectivity index (χ1) is 15.4. The van der Waals surface area contributed by atoms with Gasteiger partial charge in [0, 0.05) is 6.20 Å². The zero-order chi connectivity index (χ0) is 22.6. The molecule has 0 saturated heterocycles. The molecule has 1 atom stereocenters. The number of fused-ring (bicyclic) bond motifs is 2. The Kier molecular flexibility index (Phi) is 4.60. The smallest absolute Gasteiger partial charge is 0.296 e. The Hall–Kier alpha value is -3.91. The minimum atomic E-state index is -0.954. The number of carbonyl (C=O) groups excluding carboxylic acids is 1. The van der Waals surface area contributed by atoms with Crippen LogP contribution in [-0.2, 0) is 0 Å². The number of hydrogen-bond donors (Lipinski definition) is 1. The van der Waals surface area contributed by atoms with E-state index >= 15 is 0 Å². The summed E-state index contributed by atoms with van der Waals surface area (Å²) < 4.78 is 24.8. The van der Waals surface area contributed by atoms with Gasteiger partial charge in [-0.1, -0.05) is 17.7 Å². The van der Waals surface area contributed by atoms with Crippen molar-refractivity contribution in [2.45, 2.75) is 6.04 Å². The molecule has 4 aromatic rings. The Balaban J connectivity index is 1.82. The molecule has 1 amide bonds. The van der Waals surface area contributed by atoms with E-state index in [9.17, 15) is 19.1 Å². The zero-order valence-electron chi connectivity index (χ0n) is 16.5. The van der Waals surface area contributed by atoms with Gasteiger partial charge in [-0.2, -0.15) is 0 Å². The highest BCUT2D eigenvalue weighted by atomic mass is 35.5. The first-order valence-corrected chi connectivity index (χ1v) is 9.85. The molecule has 0 saturated carbocycles. The molecule has 2 aromatic carbocycles. The van der Waals surface area contributed by atoms with Gasteiger partial charge < -0.3 is 14.3 Å². The number of anilines is 1. The summed E-state index contributed by atoms with van der Waals surface area (Å²) in [4.78, 5) is 32.4. The Bertz CT molecular complexity index is 1450. The SMILES string of the molecule is COc1cc(C2c3c(oc4ccc(F)cc4c3=O)C(=O)N2c2ccc(Cl)cn2)ccc1O. The molecular formula is C23H14ClFN2O5. The van der Waals surface area contributed by atoms with Gasteiger partial charge in [-0.15, -0.1) is 0 Å². The van der Waals surface area contributed by atoms with E-state index in [2.05, 4.69) is 4.98 Å². The van der Waals surface area contributed by atoms with Crippen molar-refractivity contribution in [2.75, 3.05) is 12.0 Å². The maximum Gasteiger partial charge on any atom is 0.296 e. The van der Waals surface area contributed by atoms with Crippen LogP contribution >= 0.6 is 11.6 Å². The van der Waals surface area contributed by atoms with E-state index < -0.39 is 23.2 Å². The quantitative estimate of drug-likeness (QED) is 0.494. The zero-order valence-corrected chi connectivity index (χ0v) is 17.3.